The van der Waals surface area contributed by atoms with E-state index in [1.165, 1.54) is 4.90 Å². The van der Waals surface area contributed by atoms with Crippen LogP contribution < -0.4 is 10.6 Å². The molecule has 1 amide bonds. The topological polar surface area (TPSA) is 83.3 Å². The zero-order valence-corrected chi connectivity index (χ0v) is 9.94. The predicted molar refractivity (Wildman–Crippen MR) is 58.8 cm³/mol. The Morgan fingerprint density at radius 2 is 2.19 bits per heavy atom. The summed E-state index contributed by atoms with van der Waals surface area (Å²) < 4.78 is 5.26. The molecule has 0 aliphatic heterocycles. The lowest BCUT2D eigenvalue weighted by Crippen LogP contribution is -2.36. The molecule has 0 aliphatic rings. The van der Waals surface area contributed by atoms with Gasteiger partial charge >= 0.3 is 6.01 Å². The van der Waals surface area contributed by atoms with Crippen LogP contribution in [0.4, 0.5) is 6.01 Å². The molecule has 1 aromatic heterocycles. The standard InChI is InChI=1S/C9H17N5O2/c1-6(8(15)14(3)4)11-9-13-12-7(16-9)5-10-2/h6,10H,5H2,1-4H3,(H,11,13). The SMILES string of the molecule is CNCc1nnc(NC(C)C(=O)N(C)C)o1. The molecule has 0 saturated carbocycles. The van der Waals surface area contributed by atoms with Crippen molar-refractivity contribution >= 4 is 11.9 Å². The number of nitrogens with zero attached hydrogens (tertiary/aromatic N) is 3. The second-order valence-electron chi connectivity index (χ2n) is 3.63. The van der Waals surface area contributed by atoms with Crippen LogP contribution in [-0.2, 0) is 11.3 Å². The van der Waals surface area contributed by atoms with Crippen LogP contribution in [-0.4, -0.2) is 48.2 Å². The van der Waals surface area contributed by atoms with Gasteiger partial charge in [0.05, 0.1) is 6.54 Å². The van der Waals surface area contributed by atoms with Gasteiger partial charge in [0, 0.05) is 14.1 Å². The lowest BCUT2D eigenvalue weighted by Gasteiger charge is -2.16. The monoisotopic (exact) mass is 227 g/mol. The largest absolute Gasteiger partial charge is 0.407 e. The molecule has 7 nitrogen and oxygen atoms in total. The summed E-state index contributed by atoms with van der Waals surface area (Å²) in [5.74, 6) is 0.433. The molecular weight excluding hydrogens is 210 g/mol. The summed E-state index contributed by atoms with van der Waals surface area (Å²) in [5, 5.41) is 13.3. The molecule has 0 saturated heterocycles. The highest BCUT2D eigenvalue weighted by Gasteiger charge is 2.17. The van der Waals surface area contributed by atoms with E-state index < -0.39 is 6.04 Å². The van der Waals surface area contributed by atoms with E-state index in [-0.39, 0.29) is 11.9 Å². The van der Waals surface area contributed by atoms with E-state index >= 15 is 0 Å². The van der Waals surface area contributed by atoms with Gasteiger partial charge in [0.1, 0.15) is 6.04 Å². The van der Waals surface area contributed by atoms with E-state index in [1.54, 1.807) is 28.1 Å². The molecule has 16 heavy (non-hydrogen) atoms. The molecule has 1 unspecified atom stereocenters. The van der Waals surface area contributed by atoms with Crippen molar-refractivity contribution < 1.29 is 9.21 Å². The van der Waals surface area contributed by atoms with Crippen LogP contribution in [0.15, 0.2) is 4.42 Å². The van der Waals surface area contributed by atoms with Crippen LogP contribution in [0.2, 0.25) is 0 Å². The molecule has 0 aromatic carbocycles. The fourth-order valence-electron chi connectivity index (χ4n) is 1.17. The molecule has 7 heteroatoms. The predicted octanol–water partition coefficient (Wildman–Crippen LogP) is -0.322. The fourth-order valence-corrected chi connectivity index (χ4v) is 1.17. The first-order valence-electron chi connectivity index (χ1n) is 4.99. The Balaban J connectivity index is 2.55. The maximum atomic E-state index is 11.5. The fraction of sp³-hybridized carbons (Fsp3) is 0.667. The van der Waals surface area contributed by atoms with Crippen LogP contribution in [0.1, 0.15) is 12.8 Å². The van der Waals surface area contributed by atoms with E-state index in [2.05, 4.69) is 20.8 Å². The van der Waals surface area contributed by atoms with Crippen LogP contribution in [0, 0.1) is 0 Å². The van der Waals surface area contributed by atoms with Gasteiger partial charge in [0.15, 0.2) is 0 Å². The number of likely N-dealkylation sites (N-methyl/N-ethyl adjacent to an activating group) is 1. The third-order valence-electron chi connectivity index (χ3n) is 1.95. The smallest absolute Gasteiger partial charge is 0.316 e. The maximum Gasteiger partial charge on any atom is 0.316 e. The van der Waals surface area contributed by atoms with Crippen molar-refractivity contribution in [1.29, 1.82) is 0 Å². The lowest BCUT2D eigenvalue weighted by atomic mass is 10.3. The minimum Gasteiger partial charge on any atom is -0.407 e. The highest BCUT2D eigenvalue weighted by atomic mass is 16.4. The number of carbonyl (C=O) groups excluding carboxylic acids is 1. The first-order chi connectivity index (χ1) is 7.54. The Bertz CT molecular complexity index is 349. The number of aromatic nitrogens is 2. The Morgan fingerprint density at radius 1 is 1.50 bits per heavy atom. The third-order valence-corrected chi connectivity index (χ3v) is 1.95. The Kier molecular flexibility index (Phi) is 4.24. The molecule has 1 atom stereocenters. The number of anilines is 1. The second-order valence-corrected chi connectivity index (χ2v) is 3.63. The average Bonchev–Trinajstić information content (AvgIpc) is 2.65. The Labute approximate surface area is 94.2 Å². The summed E-state index contributed by atoms with van der Waals surface area (Å²) in [6, 6.07) is -0.133. The summed E-state index contributed by atoms with van der Waals surface area (Å²) >= 11 is 0. The van der Waals surface area contributed by atoms with E-state index in [4.69, 9.17) is 4.42 Å². The Morgan fingerprint density at radius 3 is 2.75 bits per heavy atom. The summed E-state index contributed by atoms with van der Waals surface area (Å²) in [6.07, 6.45) is 0. The second kappa shape index (κ2) is 5.45. The molecule has 1 heterocycles. The Hall–Kier alpha value is -1.63. The molecule has 90 valence electrons. The molecule has 0 aliphatic carbocycles. The van der Waals surface area contributed by atoms with Crippen molar-refractivity contribution in [1.82, 2.24) is 20.4 Å². The molecular formula is C9H17N5O2. The summed E-state index contributed by atoms with van der Waals surface area (Å²) in [6.45, 7) is 2.25. The third kappa shape index (κ3) is 3.20. The van der Waals surface area contributed by atoms with Crippen LogP contribution in [0.25, 0.3) is 0 Å². The van der Waals surface area contributed by atoms with Gasteiger partial charge in [-0.1, -0.05) is 5.10 Å². The molecule has 2 N–H and O–H groups in total. The molecule has 1 rings (SSSR count). The maximum absolute atomic E-state index is 11.5. The van der Waals surface area contributed by atoms with Gasteiger partial charge in [0.2, 0.25) is 11.8 Å². The minimum absolute atomic E-state index is 0.0478. The average molecular weight is 227 g/mol. The molecule has 1 aromatic rings. The number of hydrogen-bond donors (Lipinski definition) is 2. The normalized spacial score (nSPS) is 12.2. The highest BCUT2D eigenvalue weighted by molar-refractivity contribution is 5.83. The molecule has 0 fully saturated rings. The van der Waals surface area contributed by atoms with Crippen molar-refractivity contribution in [3.8, 4) is 0 Å². The number of carbonyl (C=O) groups is 1. The van der Waals surface area contributed by atoms with Crippen LogP contribution in [0.3, 0.4) is 0 Å². The van der Waals surface area contributed by atoms with Crippen molar-refractivity contribution in [3.63, 3.8) is 0 Å². The van der Waals surface area contributed by atoms with Crippen molar-refractivity contribution in [2.45, 2.75) is 19.5 Å². The molecule has 0 bridgehead atoms. The van der Waals surface area contributed by atoms with Gasteiger partial charge in [-0.25, -0.2) is 0 Å². The van der Waals surface area contributed by atoms with Gasteiger partial charge in [-0.2, -0.15) is 0 Å². The minimum atomic E-state index is -0.391. The van der Waals surface area contributed by atoms with Gasteiger partial charge in [-0.15, -0.1) is 5.10 Å². The van der Waals surface area contributed by atoms with Crippen molar-refractivity contribution in [2.75, 3.05) is 26.5 Å². The van der Waals surface area contributed by atoms with Gasteiger partial charge in [-0.05, 0) is 14.0 Å². The summed E-state index contributed by atoms with van der Waals surface area (Å²) in [7, 11) is 5.18. The van der Waals surface area contributed by atoms with Crippen LogP contribution in [0.5, 0.6) is 0 Å². The first-order valence-corrected chi connectivity index (χ1v) is 4.99. The van der Waals surface area contributed by atoms with Crippen molar-refractivity contribution in [3.05, 3.63) is 5.89 Å². The molecule has 0 radical (unpaired) electrons. The highest BCUT2D eigenvalue weighted by Crippen LogP contribution is 2.07. The number of rotatable bonds is 5. The summed E-state index contributed by atoms with van der Waals surface area (Å²) in [4.78, 5) is 13.0. The van der Waals surface area contributed by atoms with E-state index in [9.17, 15) is 4.79 Å². The van der Waals surface area contributed by atoms with Gasteiger partial charge < -0.3 is 20.0 Å². The first kappa shape index (κ1) is 12.4. The zero-order chi connectivity index (χ0) is 12.1. The van der Waals surface area contributed by atoms with E-state index in [1.807, 2.05) is 0 Å². The number of hydrogen-bond acceptors (Lipinski definition) is 6. The van der Waals surface area contributed by atoms with Crippen molar-refractivity contribution in [2.24, 2.45) is 0 Å². The summed E-state index contributed by atoms with van der Waals surface area (Å²) in [5.41, 5.74) is 0. The number of amides is 1. The lowest BCUT2D eigenvalue weighted by molar-refractivity contribution is -0.129. The van der Waals surface area contributed by atoms with E-state index in [0.717, 1.165) is 0 Å². The van der Waals surface area contributed by atoms with E-state index in [0.29, 0.717) is 12.4 Å². The quantitative estimate of drug-likeness (QED) is 0.717. The number of nitrogens with one attached hydrogen (secondary N) is 2. The zero-order valence-electron chi connectivity index (χ0n) is 9.94. The van der Waals surface area contributed by atoms with Gasteiger partial charge in [0.25, 0.3) is 0 Å². The van der Waals surface area contributed by atoms with Crippen LogP contribution >= 0.6 is 0 Å². The van der Waals surface area contributed by atoms with Gasteiger partial charge in [-0.3, -0.25) is 4.79 Å². The molecule has 0 spiro atoms.